The van der Waals surface area contributed by atoms with E-state index in [-0.39, 0.29) is 5.91 Å². The number of carbonyl (C=O) groups is 1. The largest absolute Gasteiger partial charge is 0.331 e. The van der Waals surface area contributed by atoms with Crippen LogP contribution in [0.5, 0.6) is 0 Å². The third kappa shape index (κ3) is 2.88. The van der Waals surface area contributed by atoms with E-state index in [0.717, 1.165) is 25.4 Å². The molecule has 1 aromatic carbocycles. The summed E-state index contributed by atoms with van der Waals surface area (Å²) in [6.07, 6.45) is 4.93. The lowest BCUT2D eigenvalue weighted by Gasteiger charge is -2.32. The van der Waals surface area contributed by atoms with E-state index in [1.807, 2.05) is 4.90 Å². The Morgan fingerprint density at radius 3 is 2.65 bits per heavy atom. The Kier molecular flexibility index (Phi) is 3.78. The normalized spacial score (nSPS) is 22.1. The zero-order valence-corrected chi connectivity index (χ0v) is 12.1. The van der Waals surface area contributed by atoms with Gasteiger partial charge < -0.3 is 4.90 Å². The summed E-state index contributed by atoms with van der Waals surface area (Å²) in [4.78, 5) is 13.8. The van der Waals surface area contributed by atoms with Gasteiger partial charge in [-0.1, -0.05) is 30.2 Å². The molecule has 1 amide bonds. The fourth-order valence-corrected chi connectivity index (χ4v) is 3.10. The molecule has 0 unspecified atom stereocenters. The third-order valence-corrected chi connectivity index (χ3v) is 4.37. The molecule has 1 aliphatic carbocycles. The summed E-state index contributed by atoms with van der Waals surface area (Å²) in [5.74, 6) is 6.63. The molecule has 3 rings (SSSR count). The Morgan fingerprint density at radius 2 is 1.95 bits per heavy atom. The average molecular weight is 267 g/mol. The van der Waals surface area contributed by atoms with Gasteiger partial charge in [-0.05, 0) is 55.6 Å². The molecular formula is C18H21NO. The van der Waals surface area contributed by atoms with E-state index in [1.54, 1.807) is 6.92 Å². The maximum atomic E-state index is 11.9. The van der Waals surface area contributed by atoms with Crippen LogP contribution in [0.1, 0.15) is 55.6 Å². The molecule has 2 fully saturated rings. The molecule has 0 aromatic heterocycles. The van der Waals surface area contributed by atoms with E-state index in [9.17, 15) is 4.79 Å². The van der Waals surface area contributed by atoms with Gasteiger partial charge in [0.05, 0.1) is 0 Å². The van der Waals surface area contributed by atoms with E-state index < -0.39 is 0 Å². The number of benzene rings is 1. The maximum Gasteiger partial charge on any atom is 0.298 e. The van der Waals surface area contributed by atoms with Crippen LogP contribution < -0.4 is 0 Å². The standard InChI is InChI=1S/C18H21NO/c1-2-5-18(20)19-11-4-8-17(13-19)16-7-3-6-15(12-16)14-9-10-14/h3,6-7,12,14,17H,4,8-11,13H2,1H3/t17-/m1/s1. The summed E-state index contributed by atoms with van der Waals surface area (Å²) in [6, 6.07) is 9.00. The Hall–Kier alpha value is -1.75. The number of amides is 1. The molecule has 0 radical (unpaired) electrons. The quantitative estimate of drug-likeness (QED) is 0.753. The van der Waals surface area contributed by atoms with Gasteiger partial charge >= 0.3 is 0 Å². The Morgan fingerprint density at radius 1 is 1.20 bits per heavy atom. The number of hydrogen-bond donors (Lipinski definition) is 0. The predicted octanol–water partition coefficient (Wildman–Crippen LogP) is 3.29. The van der Waals surface area contributed by atoms with Crippen molar-refractivity contribution in [2.24, 2.45) is 0 Å². The Labute approximate surface area is 121 Å². The first kappa shape index (κ1) is 13.2. The molecule has 1 saturated carbocycles. The molecule has 20 heavy (non-hydrogen) atoms. The van der Waals surface area contributed by atoms with E-state index >= 15 is 0 Å². The molecule has 1 aliphatic heterocycles. The number of carbonyl (C=O) groups excluding carboxylic acids is 1. The zero-order chi connectivity index (χ0) is 13.9. The van der Waals surface area contributed by atoms with Gasteiger partial charge in [-0.25, -0.2) is 0 Å². The summed E-state index contributed by atoms with van der Waals surface area (Å²) in [5, 5.41) is 0. The highest BCUT2D eigenvalue weighted by atomic mass is 16.2. The molecule has 1 saturated heterocycles. The molecule has 104 valence electrons. The second kappa shape index (κ2) is 5.71. The Bertz CT molecular complexity index is 562. The summed E-state index contributed by atoms with van der Waals surface area (Å²) in [5.41, 5.74) is 2.88. The first-order valence-corrected chi connectivity index (χ1v) is 7.59. The first-order chi connectivity index (χ1) is 9.78. The van der Waals surface area contributed by atoms with Crippen LogP contribution in [0.4, 0.5) is 0 Å². The van der Waals surface area contributed by atoms with Crippen molar-refractivity contribution in [3.8, 4) is 11.8 Å². The topological polar surface area (TPSA) is 20.3 Å². The van der Waals surface area contributed by atoms with Crippen LogP contribution in [0.15, 0.2) is 24.3 Å². The lowest BCUT2D eigenvalue weighted by atomic mass is 9.89. The molecule has 2 aliphatic rings. The van der Waals surface area contributed by atoms with Gasteiger partial charge in [0.15, 0.2) is 0 Å². The summed E-state index contributed by atoms with van der Waals surface area (Å²) in [6.45, 7) is 3.40. The lowest BCUT2D eigenvalue weighted by molar-refractivity contribution is -0.126. The highest BCUT2D eigenvalue weighted by molar-refractivity contribution is 5.93. The molecule has 1 atom stereocenters. The number of rotatable bonds is 2. The van der Waals surface area contributed by atoms with Gasteiger partial charge in [-0.15, -0.1) is 0 Å². The molecule has 0 N–H and O–H groups in total. The molecule has 1 heterocycles. The minimum atomic E-state index is -0.0180. The Balaban J connectivity index is 1.74. The minimum absolute atomic E-state index is 0.0180. The van der Waals surface area contributed by atoms with Crippen LogP contribution in [0.2, 0.25) is 0 Å². The van der Waals surface area contributed by atoms with Crippen molar-refractivity contribution in [2.75, 3.05) is 13.1 Å². The highest BCUT2D eigenvalue weighted by Gasteiger charge is 2.27. The van der Waals surface area contributed by atoms with E-state index in [1.165, 1.54) is 30.4 Å². The number of nitrogens with zero attached hydrogens (tertiary/aromatic N) is 1. The predicted molar refractivity (Wildman–Crippen MR) is 80.4 cm³/mol. The monoisotopic (exact) mass is 267 g/mol. The summed E-state index contributed by atoms with van der Waals surface area (Å²) in [7, 11) is 0. The zero-order valence-electron chi connectivity index (χ0n) is 12.1. The summed E-state index contributed by atoms with van der Waals surface area (Å²) < 4.78 is 0. The van der Waals surface area contributed by atoms with Crippen molar-refractivity contribution >= 4 is 5.91 Å². The molecule has 2 nitrogen and oxygen atoms in total. The molecule has 2 heteroatoms. The SMILES string of the molecule is CC#CC(=O)N1CCC[C@@H](c2cccc(C3CC3)c2)C1. The van der Waals surface area contributed by atoms with E-state index in [0.29, 0.717) is 5.92 Å². The van der Waals surface area contributed by atoms with Crippen molar-refractivity contribution < 1.29 is 4.79 Å². The van der Waals surface area contributed by atoms with Crippen LogP contribution in [0.3, 0.4) is 0 Å². The van der Waals surface area contributed by atoms with Crippen molar-refractivity contribution in [1.29, 1.82) is 0 Å². The van der Waals surface area contributed by atoms with E-state index in [4.69, 9.17) is 0 Å². The summed E-state index contributed by atoms with van der Waals surface area (Å²) >= 11 is 0. The second-order valence-electron chi connectivity index (χ2n) is 5.91. The van der Waals surface area contributed by atoms with Crippen LogP contribution in [-0.2, 0) is 4.79 Å². The first-order valence-electron chi connectivity index (χ1n) is 7.59. The average Bonchev–Trinajstić information content (AvgIpc) is 3.32. The van der Waals surface area contributed by atoms with Crippen molar-refractivity contribution in [3.63, 3.8) is 0 Å². The van der Waals surface area contributed by atoms with Gasteiger partial charge in [0.2, 0.25) is 0 Å². The van der Waals surface area contributed by atoms with Crippen LogP contribution >= 0.6 is 0 Å². The third-order valence-electron chi connectivity index (χ3n) is 4.37. The van der Waals surface area contributed by atoms with Crippen LogP contribution in [0, 0.1) is 11.8 Å². The number of likely N-dealkylation sites (tertiary alicyclic amines) is 1. The minimum Gasteiger partial charge on any atom is -0.331 e. The lowest BCUT2D eigenvalue weighted by Crippen LogP contribution is -2.38. The van der Waals surface area contributed by atoms with E-state index in [2.05, 4.69) is 36.1 Å². The van der Waals surface area contributed by atoms with Crippen LogP contribution in [-0.4, -0.2) is 23.9 Å². The van der Waals surface area contributed by atoms with Gasteiger partial charge in [0.25, 0.3) is 5.91 Å². The maximum absolute atomic E-state index is 11.9. The van der Waals surface area contributed by atoms with Gasteiger partial charge in [0, 0.05) is 19.0 Å². The molecule has 0 spiro atoms. The molecular weight excluding hydrogens is 246 g/mol. The van der Waals surface area contributed by atoms with Gasteiger partial charge in [-0.3, -0.25) is 4.79 Å². The fourth-order valence-electron chi connectivity index (χ4n) is 3.10. The van der Waals surface area contributed by atoms with Gasteiger partial charge in [0.1, 0.15) is 0 Å². The van der Waals surface area contributed by atoms with Gasteiger partial charge in [-0.2, -0.15) is 0 Å². The second-order valence-corrected chi connectivity index (χ2v) is 5.91. The highest BCUT2D eigenvalue weighted by Crippen LogP contribution is 2.41. The molecule has 0 bridgehead atoms. The van der Waals surface area contributed by atoms with Crippen LogP contribution in [0.25, 0.3) is 0 Å². The fraction of sp³-hybridized carbons (Fsp3) is 0.500. The number of piperidine rings is 1. The molecule has 1 aromatic rings. The van der Waals surface area contributed by atoms with Crippen molar-refractivity contribution in [3.05, 3.63) is 35.4 Å². The number of hydrogen-bond acceptors (Lipinski definition) is 1. The smallest absolute Gasteiger partial charge is 0.298 e. The van der Waals surface area contributed by atoms with Crippen molar-refractivity contribution in [2.45, 2.75) is 44.4 Å². The van der Waals surface area contributed by atoms with Crippen molar-refractivity contribution in [1.82, 2.24) is 4.90 Å².